The van der Waals surface area contributed by atoms with Crippen LogP contribution in [0.3, 0.4) is 0 Å². The average molecular weight is 341 g/mol. The van der Waals surface area contributed by atoms with Crippen molar-refractivity contribution in [3.8, 4) is 11.5 Å². The maximum atomic E-state index is 12.5. The number of carbonyl (C=O) groups is 2. The smallest absolute Gasteiger partial charge is 0.312 e. The molecule has 0 fully saturated rings. The van der Waals surface area contributed by atoms with Crippen LogP contribution in [-0.2, 0) is 9.59 Å². The monoisotopic (exact) mass is 341 g/mol. The summed E-state index contributed by atoms with van der Waals surface area (Å²) in [6.07, 6.45) is 0. The van der Waals surface area contributed by atoms with E-state index >= 15 is 0 Å². The first kappa shape index (κ1) is 16.8. The summed E-state index contributed by atoms with van der Waals surface area (Å²) in [4.78, 5) is 25.4. The minimum Gasteiger partial charge on any atom is -0.496 e. The number of rotatable bonds is 5. The predicted octanol–water partition coefficient (Wildman–Crippen LogP) is 2.60. The van der Waals surface area contributed by atoms with Crippen molar-refractivity contribution in [2.75, 3.05) is 25.2 Å². The van der Waals surface area contributed by atoms with Gasteiger partial charge in [0, 0.05) is 12.2 Å². The first-order valence-corrected chi connectivity index (χ1v) is 7.91. The lowest BCUT2D eigenvalue weighted by atomic mass is 10.0. The molecule has 25 heavy (non-hydrogen) atoms. The van der Waals surface area contributed by atoms with E-state index in [1.165, 1.54) is 4.90 Å². The number of anilines is 1. The fraction of sp³-hybridized carbons (Fsp3) is 0.263. The first-order chi connectivity index (χ1) is 12.0. The van der Waals surface area contributed by atoms with E-state index in [4.69, 9.17) is 9.47 Å². The molecule has 1 aliphatic heterocycles. The van der Waals surface area contributed by atoms with Crippen LogP contribution >= 0.6 is 0 Å². The van der Waals surface area contributed by atoms with Gasteiger partial charge in [-0.2, -0.15) is 0 Å². The summed E-state index contributed by atoms with van der Waals surface area (Å²) in [6.45, 7) is 1.85. The lowest BCUT2D eigenvalue weighted by molar-refractivity contribution is -0.138. The number of fused-ring (bicyclic) bond motifs is 1. The van der Waals surface area contributed by atoms with Gasteiger partial charge in [-0.25, -0.2) is 0 Å². The topological polar surface area (TPSA) is 76.1 Å². The second-order valence-electron chi connectivity index (χ2n) is 5.87. The molecular formula is C19H19NO5. The molecule has 6 nitrogen and oxygen atoms in total. The Morgan fingerprint density at radius 3 is 2.68 bits per heavy atom. The SMILES string of the molecule is COc1ccc(OCC(=O)N2CC(C(=O)O)c3ccccc32)cc1C. The highest BCUT2D eigenvalue weighted by Gasteiger charge is 2.36. The summed E-state index contributed by atoms with van der Waals surface area (Å²) >= 11 is 0. The number of carbonyl (C=O) groups excluding carboxylic acids is 1. The largest absolute Gasteiger partial charge is 0.496 e. The third kappa shape index (κ3) is 3.28. The number of benzene rings is 2. The second-order valence-corrected chi connectivity index (χ2v) is 5.87. The van der Waals surface area contributed by atoms with Gasteiger partial charge in [-0.05, 0) is 42.3 Å². The Bertz CT molecular complexity index is 817. The Morgan fingerprint density at radius 1 is 1.24 bits per heavy atom. The number of amides is 1. The Balaban J connectivity index is 1.72. The number of carboxylic acids is 1. The molecule has 0 aliphatic carbocycles. The Hall–Kier alpha value is -3.02. The number of aryl methyl sites for hydroxylation is 1. The zero-order chi connectivity index (χ0) is 18.0. The molecule has 0 radical (unpaired) electrons. The van der Waals surface area contributed by atoms with Gasteiger partial charge < -0.3 is 19.5 Å². The number of carboxylic acid groups (broad SMARTS) is 1. The number of ether oxygens (including phenoxy) is 2. The van der Waals surface area contributed by atoms with Crippen molar-refractivity contribution >= 4 is 17.6 Å². The molecule has 0 aromatic heterocycles. The van der Waals surface area contributed by atoms with Gasteiger partial charge in [0.05, 0.1) is 7.11 Å². The van der Waals surface area contributed by atoms with E-state index in [1.807, 2.05) is 6.92 Å². The van der Waals surface area contributed by atoms with Crippen molar-refractivity contribution in [3.05, 3.63) is 53.6 Å². The van der Waals surface area contributed by atoms with Gasteiger partial charge in [0.2, 0.25) is 0 Å². The van der Waals surface area contributed by atoms with Crippen LogP contribution < -0.4 is 14.4 Å². The number of aliphatic carboxylic acids is 1. The van der Waals surface area contributed by atoms with Gasteiger partial charge in [0.1, 0.15) is 17.4 Å². The van der Waals surface area contributed by atoms with Crippen LogP contribution in [0.25, 0.3) is 0 Å². The van der Waals surface area contributed by atoms with Crippen LogP contribution in [0.5, 0.6) is 11.5 Å². The van der Waals surface area contributed by atoms with Crippen LogP contribution in [0, 0.1) is 6.92 Å². The van der Waals surface area contributed by atoms with Crippen molar-refractivity contribution in [3.63, 3.8) is 0 Å². The molecule has 6 heteroatoms. The summed E-state index contributed by atoms with van der Waals surface area (Å²) in [5, 5.41) is 9.37. The Labute approximate surface area is 145 Å². The minimum atomic E-state index is -0.936. The number of nitrogens with zero attached hydrogens (tertiary/aromatic N) is 1. The summed E-state index contributed by atoms with van der Waals surface area (Å²) < 4.78 is 10.8. The maximum absolute atomic E-state index is 12.5. The summed E-state index contributed by atoms with van der Waals surface area (Å²) in [6, 6.07) is 12.4. The molecule has 0 bridgehead atoms. The summed E-state index contributed by atoms with van der Waals surface area (Å²) in [5.41, 5.74) is 2.20. The van der Waals surface area contributed by atoms with Crippen LogP contribution in [-0.4, -0.2) is 37.2 Å². The standard InChI is InChI=1S/C19H19NO5/c1-12-9-13(7-8-17(12)24-2)25-11-18(21)20-10-15(19(22)23)14-5-3-4-6-16(14)20/h3-9,15H,10-11H2,1-2H3,(H,22,23). The van der Waals surface area contributed by atoms with Gasteiger partial charge in [-0.1, -0.05) is 18.2 Å². The number of hydrogen-bond donors (Lipinski definition) is 1. The van der Waals surface area contributed by atoms with Crippen molar-refractivity contribution < 1.29 is 24.2 Å². The molecule has 2 aromatic rings. The lowest BCUT2D eigenvalue weighted by Gasteiger charge is -2.18. The van der Waals surface area contributed by atoms with Crippen molar-refractivity contribution in [1.82, 2.24) is 0 Å². The van der Waals surface area contributed by atoms with Crippen LogP contribution in [0.15, 0.2) is 42.5 Å². The predicted molar refractivity (Wildman–Crippen MR) is 92.4 cm³/mol. The van der Waals surface area contributed by atoms with Crippen molar-refractivity contribution in [2.24, 2.45) is 0 Å². The molecule has 0 saturated carbocycles. The molecule has 1 atom stereocenters. The zero-order valence-corrected chi connectivity index (χ0v) is 14.1. The third-order valence-electron chi connectivity index (χ3n) is 4.30. The van der Waals surface area contributed by atoms with E-state index in [-0.39, 0.29) is 19.1 Å². The fourth-order valence-electron chi connectivity index (χ4n) is 3.02. The molecule has 1 N–H and O–H groups in total. The van der Waals surface area contributed by atoms with Gasteiger partial charge in [0.25, 0.3) is 5.91 Å². The molecule has 2 aromatic carbocycles. The Kier molecular flexibility index (Phi) is 4.61. The molecule has 1 heterocycles. The number of para-hydroxylation sites is 1. The number of methoxy groups -OCH3 is 1. The van der Waals surface area contributed by atoms with E-state index in [0.29, 0.717) is 17.0 Å². The molecule has 3 rings (SSSR count). The van der Waals surface area contributed by atoms with Gasteiger partial charge >= 0.3 is 5.97 Å². The highest BCUT2D eigenvalue weighted by Crippen LogP contribution is 2.36. The average Bonchev–Trinajstić information content (AvgIpc) is 3.00. The quantitative estimate of drug-likeness (QED) is 0.905. The van der Waals surface area contributed by atoms with E-state index < -0.39 is 11.9 Å². The fourth-order valence-corrected chi connectivity index (χ4v) is 3.02. The molecule has 1 unspecified atom stereocenters. The van der Waals surface area contributed by atoms with Crippen molar-refractivity contribution in [2.45, 2.75) is 12.8 Å². The lowest BCUT2D eigenvalue weighted by Crippen LogP contribution is -2.35. The third-order valence-corrected chi connectivity index (χ3v) is 4.30. The van der Waals surface area contributed by atoms with E-state index in [2.05, 4.69) is 0 Å². The van der Waals surface area contributed by atoms with Crippen molar-refractivity contribution in [1.29, 1.82) is 0 Å². The van der Waals surface area contributed by atoms with E-state index in [1.54, 1.807) is 49.6 Å². The van der Waals surface area contributed by atoms with E-state index in [9.17, 15) is 14.7 Å². The van der Waals surface area contributed by atoms with E-state index in [0.717, 1.165) is 11.3 Å². The van der Waals surface area contributed by atoms with Gasteiger partial charge in [0.15, 0.2) is 6.61 Å². The number of hydrogen-bond acceptors (Lipinski definition) is 4. The Morgan fingerprint density at radius 2 is 2.00 bits per heavy atom. The summed E-state index contributed by atoms with van der Waals surface area (Å²) in [7, 11) is 1.59. The molecule has 130 valence electrons. The molecule has 1 aliphatic rings. The maximum Gasteiger partial charge on any atom is 0.312 e. The molecule has 0 saturated heterocycles. The highest BCUT2D eigenvalue weighted by molar-refractivity contribution is 5.99. The molecule has 1 amide bonds. The van der Waals surface area contributed by atoms with Crippen LogP contribution in [0.2, 0.25) is 0 Å². The van der Waals surface area contributed by atoms with Gasteiger partial charge in [-0.3, -0.25) is 9.59 Å². The van der Waals surface area contributed by atoms with Crippen LogP contribution in [0.4, 0.5) is 5.69 Å². The second kappa shape index (κ2) is 6.84. The summed E-state index contributed by atoms with van der Waals surface area (Å²) in [5.74, 6) is -0.604. The van der Waals surface area contributed by atoms with Crippen LogP contribution in [0.1, 0.15) is 17.0 Å². The highest BCUT2D eigenvalue weighted by atomic mass is 16.5. The normalized spacial score (nSPS) is 15.6. The molecular weight excluding hydrogens is 322 g/mol. The first-order valence-electron chi connectivity index (χ1n) is 7.91. The zero-order valence-electron chi connectivity index (χ0n) is 14.1. The van der Waals surface area contributed by atoms with Gasteiger partial charge in [-0.15, -0.1) is 0 Å². The molecule has 0 spiro atoms. The minimum absolute atomic E-state index is 0.124.